The first-order valence-electron chi connectivity index (χ1n) is 11.5. The monoisotopic (exact) mass is 476 g/mol. The number of carbonyl (C=O) groups excluding carboxylic acids is 2. The second kappa shape index (κ2) is 9.66. The Bertz CT molecular complexity index is 1440. The molecule has 0 aliphatic rings. The molecule has 2 heterocycles. The standard InChI is InChI=1S/C27H28N2O6/c1-5-16-13-24(30)34-23-14-18(10-11-20(16)23)33-25(31)22(29-26(32)35-27(2,3)4)12-17-15-28-21-9-7-6-8-19(17)21/h6-11,13-15,22,28H,5,12H2,1-4H3,(H,29,32)/t22-/m1/s1. The second-order valence-corrected chi connectivity index (χ2v) is 9.29. The molecule has 1 amide bonds. The Morgan fingerprint density at radius 2 is 1.83 bits per heavy atom. The van der Waals surface area contributed by atoms with Crippen molar-refractivity contribution in [2.24, 2.45) is 0 Å². The lowest BCUT2D eigenvalue weighted by Gasteiger charge is -2.23. The summed E-state index contributed by atoms with van der Waals surface area (Å²) in [5.41, 5.74) is 1.73. The number of aromatic amines is 1. The molecule has 0 unspecified atom stereocenters. The molecule has 4 aromatic rings. The van der Waals surface area contributed by atoms with Gasteiger partial charge in [0, 0.05) is 41.0 Å². The zero-order valence-electron chi connectivity index (χ0n) is 20.1. The minimum Gasteiger partial charge on any atom is -0.444 e. The van der Waals surface area contributed by atoms with E-state index < -0.39 is 29.3 Å². The Hall–Kier alpha value is -4.07. The molecular weight excluding hydrogens is 448 g/mol. The Morgan fingerprint density at radius 1 is 1.06 bits per heavy atom. The molecule has 0 aliphatic carbocycles. The maximum Gasteiger partial charge on any atom is 0.408 e. The number of H-pyrrole nitrogens is 1. The van der Waals surface area contributed by atoms with Crippen molar-refractivity contribution in [3.05, 3.63) is 76.3 Å². The van der Waals surface area contributed by atoms with Gasteiger partial charge in [0.15, 0.2) is 0 Å². The van der Waals surface area contributed by atoms with Crippen molar-refractivity contribution in [2.45, 2.75) is 52.2 Å². The maximum absolute atomic E-state index is 13.2. The summed E-state index contributed by atoms with van der Waals surface area (Å²) in [6.07, 6.45) is 1.92. The van der Waals surface area contributed by atoms with Gasteiger partial charge < -0.3 is 24.2 Å². The predicted molar refractivity (Wildman–Crippen MR) is 133 cm³/mol. The molecule has 0 spiro atoms. The third-order valence-corrected chi connectivity index (χ3v) is 5.48. The minimum absolute atomic E-state index is 0.185. The van der Waals surface area contributed by atoms with E-state index in [1.807, 2.05) is 31.2 Å². The Kier molecular flexibility index (Phi) is 6.64. The van der Waals surface area contributed by atoms with Crippen molar-refractivity contribution >= 4 is 33.9 Å². The van der Waals surface area contributed by atoms with Crippen LogP contribution in [-0.2, 0) is 22.4 Å². The number of aryl methyl sites for hydroxylation is 1. The first-order valence-corrected chi connectivity index (χ1v) is 11.5. The van der Waals surface area contributed by atoms with Crippen molar-refractivity contribution in [1.29, 1.82) is 0 Å². The maximum atomic E-state index is 13.2. The lowest BCUT2D eigenvalue weighted by Crippen LogP contribution is -2.46. The van der Waals surface area contributed by atoms with Crippen LogP contribution >= 0.6 is 0 Å². The number of para-hydroxylation sites is 1. The number of carbonyl (C=O) groups is 2. The molecule has 0 saturated carbocycles. The number of hydrogen-bond acceptors (Lipinski definition) is 6. The molecule has 0 bridgehead atoms. The van der Waals surface area contributed by atoms with Crippen LogP contribution in [0.25, 0.3) is 21.9 Å². The fraction of sp³-hybridized carbons (Fsp3) is 0.296. The van der Waals surface area contributed by atoms with E-state index in [2.05, 4.69) is 10.3 Å². The molecule has 182 valence electrons. The highest BCUT2D eigenvalue weighted by Crippen LogP contribution is 2.24. The van der Waals surface area contributed by atoms with E-state index >= 15 is 0 Å². The number of amides is 1. The number of esters is 1. The van der Waals surface area contributed by atoms with Crippen LogP contribution in [0.4, 0.5) is 4.79 Å². The largest absolute Gasteiger partial charge is 0.444 e. The van der Waals surface area contributed by atoms with E-state index in [1.165, 1.54) is 12.1 Å². The van der Waals surface area contributed by atoms with Crippen molar-refractivity contribution in [1.82, 2.24) is 10.3 Å². The van der Waals surface area contributed by atoms with Gasteiger partial charge in [-0.1, -0.05) is 25.1 Å². The van der Waals surface area contributed by atoms with E-state index in [4.69, 9.17) is 13.9 Å². The zero-order chi connectivity index (χ0) is 25.2. The highest BCUT2D eigenvalue weighted by molar-refractivity contribution is 5.88. The summed E-state index contributed by atoms with van der Waals surface area (Å²) >= 11 is 0. The van der Waals surface area contributed by atoms with Crippen LogP contribution in [0.15, 0.2) is 63.9 Å². The van der Waals surface area contributed by atoms with Crippen molar-refractivity contribution < 1.29 is 23.5 Å². The van der Waals surface area contributed by atoms with Crippen LogP contribution in [0.3, 0.4) is 0 Å². The fourth-order valence-electron chi connectivity index (χ4n) is 3.92. The molecule has 0 saturated heterocycles. The van der Waals surface area contributed by atoms with E-state index in [0.717, 1.165) is 27.4 Å². The Balaban J connectivity index is 1.61. The van der Waals surface area contributed by atoms with Gasteiger partial charge in [0.05, 0.1) is 0 Å². The number of nitrogens with one attached hydrogen (secondary N) is 2. The summed E-state index contributed by atoms with van der Waals surface area (Å²) in [4.78, 5) is 40.8. The predicted octanol–water partition coefficient (Wildman–Crippen LogP) is 4.88. The van der Waals surface area contributed by atoms with Gasteiger partial charge in [0.1, 0.15) is 23.0 Å². The van der Waals surface area contributed by atoms with Crippen molar-refractivity contribution in [3.63, 3.8) is 0 Å². The third-order valence-electron chi connectivity index (χ3n) is 5.48. The molecule has 2 aromatic carbocycles. The number of benzene rings is 2. The summed E-state index contributed by atoms with van der Waals surface area (Å²) in [6, 6.07) is 13.0. The van der Waals surface area contributed by atoms with Crippen LogP contribution in [0.5, 0.6) is 5.75 Å². The van der Waals surface area contributed by atoms with Crippen molar-refractivity contribution in [2.75, 3.05) is 0 Å². The van der Waals surface area contributed by atoms with Gasteiger partial charge in [0.25, 0.3) is 0 Å². The number of fused-ring (bicyclic) bond motifs is 2. The lowest BCUT2D eigenvalue weighted by molar-refractivity contribution is -0.136. The number of alkyl carbamates (subject to hydrolysis) is 1. The van der Waals surface area contributed by atoms with Gasteiger partial charge in [-0.2, -0.15) is 0 Å². The first-order chi connectivity index (χ1) is 16.6. The van der Waals surface area contributed by atoms with Gasteiger partial charge in [-0.3, -0.25) is 0 Å². The molecule has 2 aromatic heterocycles. The third kappa shape index (κ3) is 5.71. The van der Waals surface area contributed by atoms with Gasteiger partial charge in [-0.05, 0) is 56.5 Å². The molecule has 2 N–H and O–H groups in total. The smallest absolute Gasteiger partial charge is 0.408 e. The quantitative estimate of drug-likeness (QED) is 0.233. The van der Waals surface area contributed by atoms with Gasteiger partial charge >= 0.3 is 17.7 Å². The number of ether oxygens (including phenoxy) is 2. The zero-order valence-corrected chi connectivity index (χ0v) is 20.1. The SMILES string of the molecule is CCc1cc(=O)oc2cc(OC(=O)[C@@H](Cc3c[nH]c4ccccc34)NC(=O)OC(C)(C)C)ccc12. The number of aromatic nitrogens is 1. The van der Waals surface area contributed by atoms with Crippen LogP contribution in [-0.4, -0.2) is 28.7 Å². The summed E-state index contributed by atoms with van der Waals surface area (Å²) in [6.45, 7) is 7.17. The summed E-state index contributed by atoms with van der Waals surface area (Å²) in [7, 11) is 0. The second-order valence-electron chi connectivity index (χ2n) is 9.29. The Labute approximate surface area is 202 Å². The summed E-state index contributed by atoms with van der Waals surface area (Å²) in [5.74, 6) is -0.469. The highest BCUT2D eigenvalue weighted by Gasteiger charge is 2.27. The van der Waals surface area contributed by atoms with Gasteiger partial charge in [-0.15, -0.1) is 0 Å². The van der Waals surface area contributed by atoms with Gasteiger partial charge in [-0.25, -0.2) is 14.4 Å². The molecule has 1 atom stereocenters. The van der Waals surface area contributed by atoms with Crippen LogP contribution < -0.4 is 15.7 Å². The van der Waals surface area contributed by atoms with E-state index in [0.29, 0.717) is 12.0 Å². The Morgan fingerprint density at radius 3 is 2.57 bits per heavy atom. The molecule has 0 fully saturated rings. The van der Waals surface area contributed by atoms with Crippen molar-refractivity contribution in [3.8, 4) is 5.75 Å². The first kappa shape index (κ1) is 24.1. The lowest BCUT2D eigenvalue weighted by atomic mass is 10.0. The normalized spacial score (nSPS) is 12.5. The molecule has 4 rings (SSSR count). The minimum atomic E-state index is -1.02. The van der Waals surface area contributed by atoms with E-state index in [1.54, 1.807) is 39.1 Å². The van der Waals surface area contributed by atoms with Crippen LogP contribution in [0.2, 0.25) is 0 Å². The van der Waals surface area contributed by atoms with E-state index in [9.17, 15) is 14.4 Å². The highest BCUT2D eigenvalue weighted by atomic mass is 16.6. The number of hydrogen-bond donors (Lipinski definition) is 2. The molecule has 0 radical (unpaired) electrons. The molecule has 8 heteroatoms. The molecular formula is C27H28N2O6. The average molecular weight is 477 g/mol. The average Bonchev–Trinajstić information content (AvgIpc) is 3.19. The van der Waals surface area contributed by atoms with Crippen LogP contribution in [0.1, 0.15) is 38.8 Å². The number of rotatable bonds is 6. The van der Waals surface area contributed by atoms with E-state index in [-0.39, 0.29) is 12.2 Å². The topological polar surface area (TPSA) is 111 Å². The molecule has 8 nitrogen and oxygen atoms in total. The summed E-state index contributed by atoms with van der Waals surface area (Å²) < 4.78 is 16.3. The van der Waals surface area contributed by atoms with Crippen LogP contribution in [0, 0.1) is 0 Å². The molecule has 0 aliphatic heterocycles. The van der Waals surface area contributed by atoms with Gasteiger partial charge in [0.2, 0.25) is 0 Å². The fourth-order valence-corrected chi connectivity index (χ4v) is 3.92. The molecule has 35 heavy (non-hydrogen) atoms. The summed E-state index contributed by atoms with van der Waals surface area (Å²) in [5, 5.41) is 4.35.